The number of carbonyl (C=O) groups is 1. The molecule has 0 aromatic heterocycles. The van der Waals surface area contributed by atoms with E-state index in [1.807, 2.05) is 6.92 Å². The van der Waals surface area contributed by atoms with E-state index in [0.717, 1.165) is 12.8 Å². The van der Waals surface area contributed by atoms with Gasteiger partial charge in [0.15, 0.2) is 12.4 Å². The van der Waals surface area contributed by atoms with Gasteiger partial charge in [0.2, 0.25) is 0 Å². The summed E-state index contributed by atoms with van der Waals surface area (Å²) in [6.07, 6.45) is 1.13. The zero-order chi connectivity index (χ0) is 14.5. The summed E-state index contributed by atoms with van der Waals surface area (Å²) in [6, 6.07) is 0. The van der Waals surface area contributed by atoms with Crippen LogP contribution in [0.25, 0.3) is 0 Å². The van der Waals surface area contributed by atoms with Crippen molar-refractivity contribution in [1.82, 2.24) is 5.23 Å². The molecule has 2 heterocycles. The Morgan fingerprint density at radius 1 is 1.35 bits per heavy atom. The molecule has 6 heteroatoms. The van der Waals surface area contributed by atoms with Crippen molar-refractivity contribution < 1.29 is 23.9 Å². The summed E-state index contributed by atoms with van der Waals surface area (Å²) in [5.41, 5.74) is -0.272. The van der Waals surface area contributed by atoms with E-state index in [9.17, 15) is 4.79 Å². The fraction of sp³-hybridized carbons (Fsp3) is 0.929. The van der Waals surface area contributed by atoms with Gasteiger partial charge in [-0.05, 0) is 32.6 Å². The largest absolute Gasteiger partial charge is 0.467 e. The summed E-state index contributed by atoms with van der Waals surface area (Å²) in [5, 5.41) is 1.53. The van der Waals surface area contributed by atoms with Crippen molar-refractivity contribution in [2.45, 2.75) is 51.5 Å². The fourth-order valence-electron chi connectivity index (χ4n) is 4.22. The summed E-state index contributed by atoms with van der Waals surface area (Å²) in [4.78, 5) is 23.5. The van der Waals surface area contributed by atoms with E-state index in [0.29, 0.717) is 12.5 Å². The minimum Gasteiger partial charge on any atom is -0.467 e. The van der Waals surface area contributed by atoms with Crippen LogP contribution in [0.2, 0.25) is 0 Å². The van der Waals surface area contributed by atoms with Gasteiger partial charge in [-0.3, -0.25) is 4.84 Å². The van der Waals surface area contributed by atoms with Gasteiger partial charge >= 0.3 is 5.97 Å². The number of carbonyl (C=O) groups excluding carboxylic acids is 1. The van der Waals surface area contributed by atoms with Gasteiger partial charge in [-0.2, -0.15) is 0 Å². The summed E-state index contributed by atoms with van der Waals surface area (Å²) in [6.45, 7) is 6.82. The van der Waals surface area contributed by atoms with Crippen LogP contribution in [-0.4, -0.2) is 42.8 Å². The second-order valence-electron chi connectivity index (χ2n) is 6.11. The zero-order valence-electron chi connectivity index (χ0n) is 12.5. The SMILES string of the molecule is CCO[C@H]1ON2O[C@H](C(=O)OC)[C@H]3CC[C@@H]([C@@H]1C)[C@]32C. The highest BCUT2D eigenvalue weighted by molar-refractivity contribution is 5.75. The monoisotopic (exact) mass is 285 g/mol. The molecule has 0 aromatic rings. The van der Waals surface area contributed by atoms with Gasteiger partial charge in [-0.1, -0.05) is 12.2 Å². The lowest BCUT2D eigenvalue weighted by Gasteiger charge is -2.47. The van der Waals surface area contributed by atoms with E-state index in [2.05, 4.69) is 13.8 Å². The van der Waals surface area contributed by atoms with Crippen molar-refractivity contribution >= 4 is 5.97 Å². The molecule has 0 bridgehead atoms. The fourth-order valence-corrected chi connectivity index (χ4v) is 4.22. The predicted octanol–water partition coefficient (Wildman–Crippen LogP) is 1.50. The molecule has 0 spiro atoms. The van der Waals surface area contributed by atoms with Crippen LogP contribution >= 0.6 is 0 Å². The Morgan fingerprint density at radius 2 is 2.05 bits per heavy atom. The average Bonchev–Trinajstić information content (AvgIpc) is 2.92. The minimum atomic E-state index is -0.567. The summed E-state index contributed by atoms with van der Waals surface area (Å²) in [5.74, 6) is 0.467. The Hall–Kier alpha value is -0.690. The molecule has 6 nitrogen and oxygen atoms in total. The van der Waals surface area contributed by atoms with Crippen LogP contribution in [0.15, 0.2) is 0 Å². The Labute approximate surface area is 119 Å². The van der Waals surface area contributed by atoms with E-state index < -0.39 is 6.10 Å². The normalized spacial score (nSPS) is 47.3. The molecule has 0 radical (unpaired) electrons. The highest BCUT2D eigenvalue weighted by atomic mass is 17.0. The Bertz CT molecular complexity index is 403. The number of esters is 1. The van der Waals surface area contributed by atoms with Crippen LogP contribution in [0.3, 0.4) is 0 Å². The van der Waals surface area contributed by atoms with E-state index in [1.165, 1.54) is 12.3 Å². The van der Waals surface area contributed by atoms with Gasteiger partial charge < -0.3 is 9.47 Å². The van der Waals surface area contributed by atoms with Gasteiger partial charge in [0.25, 0.3) is 0 Å². The predicted molar refractivity (Wildman–Crippen MR) is 69.0 cm³/mol. The molecule has 20 heavy (non-hydrogen) atoms. The maximum absolute atomic E-state index is 11.9. The Kier molecular flexibility index (Phi) is 3.52. The highest BCUT2D eigenvalue weighted by Gasteiger charge is 2.67. The topological polar surface area (TPSA) is 57.2 Å². The van der Waals surface area contributed by atoms with Gasteiger partial charge in [0, 0.05) is 18.4 Å². The second-order valence-corrected chi connectivity index (χ2v) is 6.11. The molecular formula is C14H23NO5. The quantitative estimate of drug-likeness (QED) is 0.733. The van der Waals surface area contributed by atoms with Crippen molar-refractivity contribution in [3.8, 4) is 0 Å². The third kappa shape index (κ3) is 1.75. The maximum Gasteiger partial charge on any atom is 0.337 e. The lowest BCUT2D eigenvalue weighted by atomic mass is 9.74. The molecule has 2 aliphatic heterocycles. The summed E-state index contributed by atoms with van der Waals surface area (Å²) < 4.78 is 10.5. The number of hydroxylamine groups is 2. The molecule has 3 fully saturated rings. The highest BCUT2D eigenvalue weighted by Crippen LogP contribution is 2.57. The lowest BCUT2D eigenvalue weighted by molar-refractivity contribution is -0.469. The molecule has 1 saturated carbocycles. The van der Waals surface area contributed by atoms with Crippen molar-refractivity contribution in [3.05, 3.63) is 0 Å². The molecule has 0 unspecified atom stereocenters. The van der Waals surface area contributed by atoms with Crippen LogP contribution < -0.4 is 0 Å². The van der Waals surface area contributed by atoms with Crippen LogP contribution in [0.5, 0.6) is 0 Å². The summed E-state index contributed by atoms with van der Waals surface area (Å²) in [7, 11) is 1.39. The van der Waals surface area contributed by atoms with Gasteiger partial charge in [-0.25, -0.2) is 9.63 Å². The zero-order valence-corrected chi connectivity index (χ0v) is 12.5. The maximum atomic E-state index is 11.9. The number of ether oxygens (including phenoxy) is 2. The minimum absolute atomic E-state index is 0.116. The van der Waals surface area contributed by atoms with Gasteiger partial charge in [0.05, 0.1) is 12.6 Å². The first kappa shape index (κ1) is 14.3. The molecule has 0 aromatic carbocycles. The first-order valence-corrected chi connectivity index (χ1v) is 7.37. The van der Waals surface area contributed by atoms with E-state index in [4.69, 9.17) is 19.1 Å². The van der Waals surface area contributed by atoms with Crippen molar-refractivity contribution in [1.29, 1.82) is 0 Å². The van der Waals surface area contributed by atoms with Crippen LogP contribution in [0, 0.1) is 17.8 Å². The molecule has 6 atom stereocenters. The third-order valence-corrected chi connectivity index (χ3v) is 5.29. The molecule has 1 aliphatic carbocycles. The number of nitrogens with zero attached hydrogens (tertiary/aromatic N) is 1. The molecule has 114 valence electrons. The summed E-state index contributed by atoms with van der Waals surface area (Å²) >= 11 is 0. The van der Waals surface area contributed by atoms with Crippen LogP contribution in [0.1, 0.15) is 33.6 Å². The van der Waals surface area contributed by atoms with Gasteiger partial charge in [0.1, 0.15) is 0 Å². The Balaban J connectivity index is 1.88. The number of hydrogen-bond donors (Lipinski definition) is 0. The third-order valence-electron chi connectivity index (χ3n) is 5.29. The van der Waals surface area contributed by atoms with E-state index in [1.54, 1.807) is 0 Å². The number of methoxy groups -OCH3 is 1. The lowest BCUT2D eigenvalue weighted by Crippen LogP contribution is -2.58. The van der Waals surface area contributed by atoms with E-state index in [-0.39, 0.29) is 29.6 Å². The first-order valence-electron chi connectivity index (χ1n) is 7.37. The molecule has 0 amide bonds. The van der Waals surface area contributed by atoms with Crippen molar-refractivity contribution in [3.63, 3.8) is 0 Å². The van der Waals surface area contributed by atoms with Crippen LogP contribution in [-0.2, 0) is 23.9 Å². The first-order chi connectivity index (χ1) is 9.53. The number of hydrogen-bond acceptors (Lipinski definition) is 6. The van der Waals surface area contributed by atoms with Gasteiger partial charge in [-0.15, -0.1) is 0 Å². The van der Waals surface area contributed by atoms with Crippen LogP contribution in [0.4, 0.5) is 0 Å². The average molecular weight is 285 g/mol. The standard InChI is InChI=1S/C14H23NO5/c1-5-18-13-8(2)9-6-7-10-11(12(16)17-4)19-15(20-13)14(9,10)3/h8-11,13H,5-7H2,1-4H3/t8-,9-,10+,11-,13-,14+/m0/s1. The molecular weight excluding hydrogens is 262 g/mol. The molecule has 2 saturated heterocycles. The molecule has 3 rings (SSSR count). The molecule has 3 aliphatic rings. The van der Waals surface area contributed by atoms with Crippen molar-refractivity contribution in [2.75, 3.05) is 13.7 Å². The smallest absolute Gasteiger partial charge is 0.337 e. The number of rotatable bonds is 3. The van der Waals surface area contributed by atoms with Crippen molar-refractivity contribution in [2.24, 2.45) is 17.8 Å². The van der Waals surface area contributed by atoms with E-state index >= 15 is 0 Å². The second kappa shape index (κ2) is 4.94. The molecule has 0 N–H and O–H groups in total. The Morgan fingerprint density at radius 3 is 2.70 bits per heavy atom.